The van der Waals surface area contributed by atoms with Gasteiger partial charge in [-0.15, -0.1) is 0 Å². The average Bonchev–Trinajstić information content (AvgIpc) is 3.16. The fourth-order valence-corrected chi connectivity index (χ4v) is 3.01. The molecule has 4 rings (SSSR count). The molecule has 2 atom stereocenters. The van der Waals surface area contributed by atoms with Crippen molar-refractivity contribution in [1.82, 2.24) is 19.7 Å². The van der Waals surface area contributed by atoms with Gasteiger partial charge in [0, 0.05) is 49.5 Å². The summed E-state index contributed by atoms with van der Waals surface area (Å²) < 4.78 is 7.79. The first kappa shape index (κ1) is 13.2. The van der Waals surface area contributed by atoms with Gasteiger partial charge >= 0.3 is 0 Å². The van der Waals surface area contributed by atoms with Gasteiger partial charge in [-0.3, -0.25) is 14.6 Å². The van der Waals surface area contributed by atoms with Crippen LogP contribution in [0.25, 0.3) is 10.9 Å². The van der Waals surface area contributed by atoms with Crippen LogP contribution in [-0.4, -0.2) is 32.4 Å². The highest BCUT2D eigenvalue weighted by molar-refractivity contribution is 5.90. The fourth-order valence-electron chi connectivity index (χ4n) is 3.01. The predicted octanol–water partition coefficient (Wildman–Crippen LogP) is 2.31. The molecule has 1 fully saturated rings. The Morgan fingerprint density at radius 2 is 2.18 bits per heavy atom. The van der Waals surface area contributed by atoms with E-state index < -0.39 is 0 Å². The first-order chi connectivity index (χ1) is 10.8. The highest BCUT2D eigenvalue weighted by Gasteiger charge is 2.31. The van der Waals surface area contributed by atoms with Gasteiger partial charge in [-0.1, -0.05) is 0 Å². The van der Waals surface area contributed by atoms with Crippen LogP contribution in [-0.2, 0) is 11.8 Å². The second-order valence-electron chi connectivity index (χ2n) is 5.46. The molecule has 0 unspecified atom stereocenters. The molecule has 0 amide bonds. The third-order valence-corrected chi connectivity index (χ3v) is 4.13. The van der Waals surface area contributed by atoms with E-state index in [-0.39, 0.29) is 12.1 Å². The zero-order chi connectivity index (χ0) is 14.9. The third-order valence-electron chi connectivity index (χ3n) is 4.13. The minimum absolute atomic E-state index is 0.00684. The zero-order valence-corrected chi connectivity index (χ0v) is 12.3. The van der Waals surface area contributed by atoms with Crippen molar-refractivity contribution in [2.75, 3.05) is 11.9 Å². The number of rotatable bonds is 3. The van der Waals surface area contributed by atoms with E-state index in [0.717, 1.165) is 35.3 Å². The van der Waals surface area contributed by atoms with E-state index in [1.165, 1.54) is 0 Å². The minimum atomic E-state index is 0.00684. The molecule has 1 aliphatic rings. The van der Waals surface area contributed by atoms with Crippen molar-refractivity contribution in [3.05, 3.63) is 48.7 Å². The molecule has 3 aromatic heterocycles. The van der Waals surface area contributed by atoms with Gasteiger partial charge in [0.05, 0.1) is 17.3 Å². The summed E-state index contributed by atoms with van der Waals surface area (Å²) in [4.78, 5) is 8.58. The van der Waals surface area contributed by atoms with E-state index in [1.807, 2.05) is 42.3 Å². The van der Waals surface area contributed by atoms with Crippen molar-refractivity contribution in [2.24, 2.45) is 7.05 Å². The van der Waals surface area contributed by atoms with Crippen molar-refractivity contribution < 1.29 is 4.74 Å². The van der Waals surface area contributed by atoms with E-state index in [1.54, 1.807) is 12.4 Å². The molecule has 3 aromatic rings. The van der Waals surface area contributed by atoms with Crippen molar-refractivity contribution in [2.45, 2.75) is 18.6 Å². The Hall–Kier alpha value is -2.47. The number of nitrogens with zero attached hydrogens (tertiary/aromatic N) is 4. The first-order valence-corrected chi connectivity index (χ1v) is 7.38. The molecular formula is C16H17N5O. The second-order valence-corrected chi connectivity index (χ2v) is 5.46. The lowest BCUT2D eigenvalue weighted by atomic mass is 10.1. The van der Waals surface area contributed by atoms with E-state index >= 15 is 0 Å². The molecule has 0 radical (unpaired) electrons. The summed E-state index contributed by atoms with van der Waals surface area (Å²) in [5, 5.41) is 8.87. The fraction of sp³-hybridized carbons (Fsp3) is 0.312. The molecule has 1 saturated heterocycles. The van der Waals surface area contributed by atoms with Gasteiger partial charge in [0.2, 0.25) is 0 Å². The number of aromatic nitrogens is 4. The Labute approximate surface area is 128 Å². The van der Waals surface area contributed by atoms with Gasteiger partial charge in [0.15, 0.2) is 0 Å². The van der Waals surface area contributed by atoms with Crippen LogP contribution < -0.4 is 5.32 Å². The number of nitrogens with one attached hydrogen (secondary N) is 1. The van der Waals surface area contributed by atoms with Gasteiger partial charge in [-0.05, 0) is 24.6 Å². The van der Waals surface area contributed by atoms with Crippen LogP contribution in [0.2, 0.25) is 0 Å². The largest absolute Gasteiger partial charge is 0.379 e. The maximum atomic E-state index is 5.92. The normalized spacial score (nSPS) is 21.3. The molecule has 22 heavy (non-hydrogen) atoms. The van der Waals surface area contributed by atoms with Crippen molar-refractivity contribution in [3.8, 4) is 0 Å². The molecule has 1 N–H and O–H groups in total. The van der Waals surface area contributed by atoms with Crippen LogP contribution in [0, 0.1) is 0 Å². The van der Waals surface area contributed by atoms with Gasteiger partial charge in [0.1, 0.15) is 6.10 Å². The number of pyridine rings is 2. The van der Waals surface area contributed by atoms with E-state index in [4.69, 9.17) is 4.74 Å². The van der Waals surface area contributed by atoms with E-state index in [2.05, 4.69) is 20.4 Å². The molecule has 6 nitrogen and oxygen atoms in total. The van der Waals surface area contributed by atoms with Crippen LogP contribution in [0.15, 0.2) is 43.0 Å². The highest BCUT2D eigenvalue weighted by atomic mass is 16.5. The topological polar surface area (TPSA) is 64.9 Å². The summed E-state index contributed by atoms with van der Waals surface area (Å²) in [6.45, 7) is 0.745. The number of ether oxygens (including phenoxy) is 1. The van der Waals surface area contributed by atoms with Crippen LogP contribution in [0.1, 0.15) is 18.2 Å². The van der Waals surface area contributed by atoms with Crippen LogP contribution in [0.5, 0.6) is 0 Å². The summed E-state index contributed by atoms with van der Waals surface area (Å²) in [6.07, 6.45) is 8.20. The molecular weight excluding hydrogens is 278 g/mol. The Morgan fingerprint density at radius 3 is 3.05 bits per heavy atom. The summed E-state index contributed by atoms with van der Waals surface area (Å²) in [6, 6.07) is 6.13. The van der Waals surface area contributed by atoms with Gasteiger partial charge in [-0.2, -0.15) is 5.10 Å². The monoisotopic (exact) mass is 295 g/mol. The van der Waals surface area contributed by atoms with Gasteiger partial charge < -0.3 is 10.1 Å². The Balaban J connectivity index is 1.66. The molecule has 4 heterocycles. The van der Waals surface area contributed by atoms with E-state index in [9.17, 15) is 0 Å². The highest BCUT2D eigenvalue weighted by Crippen LogP contribution is 2.32. The molecule has 1 aliphatic heterocycles. The predicted molar refractivity (Wildman–Crippen MR) is 83.5 cm³/mol. The number of fused-ring (bicyclic) bond motifs is 1. The first-order valence-electron chi connectivity index (χ1n) is 7.38. The maximum Gasteiger partial charge on any atom is 0.119 e. The summed E-state index contributed by atoms with van der Waals surface area (Å²) >= 11 is 0. The molecule has 0 saturated carbocycles. The molecule has 0 bridgehead atoms. The van der Waals surface area contributed by atoms with Crippen molar-refractivity contribution >= 4 is 16.6 Å². The lowest BCUT2D eigenvalue weighted by Crippen LogP contribution is -2.25. The van der Waals surface area contributed by atoms with Gasteiger partial charge in [-0.25, -0.2) is 0 Å². The third kappa shape index (κ3) is 2.21. The number of hydrogen-bond donors (Lipinski definition) is 1. The van der Waals surface area contributed by atoms with Crippen molar-refractivity contribution in [3.63, 3.8) is 0 Å². The summed E-state index contributed by atoms with van der Waals surface area (Å²) in [5.41, 5.74) is 3.07. The summed E-state index contributed by atoms with van der Waals surface area (Å²) in [7, 11) is 1.94. The average molecular weight is 295 g/mol. The number of hydrogen-bond acceptors (Lipinski definition) is 5. The second kappa shape index (κ2) is 5.38. The molecule has 6 heteroatoms. The molecule has 112 valence electrons. The SMILES string of the molecule is Cn1nccc1[C@H]1OCC[C@@H]1Nc1ccnc2ccncc12. The molecule has 0 aromatic carbocycles. The lowest BCUT2D eigenvalue weighted by molar-refractivity contribution is 0.101. The van der Waals surface area contributed by atoms with Crippen molar-refractivity contribution in [1.29, 1.82) is 0 Å². The van der Waals surface area contributed by atoms with Gasteiger partial charge in [0.25, 0.3) is 0 Å². The van der Waals surface area contributed by atoms with Crippen LogP contribution in [0.3, 0.4) is 0 Å². The van der Waals surface area contributed by atoms with Crippen LogP contribution in [0.4, 0.5) is 5.69 Å². The zero-order valence-electron chi connectivity index (χ0n) is 12.3. The van der Waals surface area contributed by atoms with E-state index in [0.29, 0.717) is 0 Å². The molecule has 0 aliphatic carbocycles. The lowest BCUT2D eigenvalue weighted by Gasteiger charge is -2.21. The Bertz CT molecular complexity index is 795. The Morgan fingerprint density at radius 1 is 1.23 bits per heavy atom. The number of aryl methyl sites for hydroxylation is 1. The smallest absolute Gasteiger partial charge is 0.119 e. The summed E-state index contributed by atoms with van der Waals surface area (Å²) in [5.74, 6) is 0. The molecule has 0 spiro atoms. The van der Waals surface area contributed by atoms with Crippen LogP contribution >= 0.6 is 0 Å². The minimum Gasteiger partial charge on any atom is -0.379 e. The number of anilines is 1. The maximum absolute atomic E-state index is 5.92. The quantitative estimate of drug-likeness (QED) is 0.803. The standard InChI is InChI=1S/C16H17N5O/c1-21-15(4-8-19-21)16-14(5-9-22-16)20-13-3-7-18-12-2-6-17-10-11(12)13/h2-4,6-8,10,14,16H,5,9H2,1H3,(H,18,20)/t14-,16-/m0/s1. The Kier molecular flexibility index (Phi) is 3.23.